The van der Waals surface area contributed by atoms with E-state index in [1.807, 2.05) is 49.0 Å². The van der Waals surface area contributed by atoms with Crippen molar-refractivity contribution in [3.05, 3.63) is 87.1 Å². The van der Waals surface area contributed by atoms with Gasteiger partial charge in [0.1, 0.15) is 5.76 Å². The molecule has 3 aromatic heterocycles. The van der Waals surface area contributed by atoms with Gasteiger partial charge in [-0.05, 0) is 32.0 Å². The van der Waals surface area contributed by atoms with Crippen LogP contribution in [0.15, 0.2) is 64.6 Å². The van der Waals surface area contributed by atoms with Crippen molar-refractivity contribution in [3.63, 3.8) is 0 Å². The van der Waals surface area contributed by atoms with Crippen molar-refractivity contribution in [1.82, 2.24) is 14.5 Å². The number of para-hydroxylation sites is 1. The van der Waals surface area contributed by atoms with Crippen LogP contribution in [0.25, 0.3) is 10.9 Å². The Kier molecular flexibility index (Phi) is 4.74. The number of benzene rings is 1. The van der Waals surface area contributed by atoms with Gasteiger partial charge in [0.2, 0.25) is 5.78 Å². The Hall–Kier alpha value is -3.65. The van der Waals surface area contributed by atoms with Gasteiger partial charge in [0, 0.05) is 29.7 Å². The molecule has 1 N–H and O–H groups in total. The Morgan fingerprint density at radius 3 is 2.69 bits per heavy atom. The van der Waals surface area contributed by atoms with E-state index < -0.39 is 17.7 Å². The molecule has 162 valence electrons. The third-order valence-corrected chi connectivity index (χ3v) is 6.86. The van der Waals surface area contributed by atoms with E-state index in [0.29, 0.717) is 16.3 Å². The maximum Gasteiger partial charge on any atom is 0.290 e. The highest BCUT2D eigenvalue weighted by Gasteiger charge is 2.45. The maximum absolute atomic E-state index is 13.7. The number of hydrogen-bond donors (Lipinski definition) is 1. The van der Waals surface area contributed by atoms with E-state index in [0.717, 1.165) is 21.5 Å². The van der Waals surface area contributed by atoms with E-state index in [2.05, 4.69) is 4.98 Å². The molecule has 1 amide bonds. The first-order chi connectivity index (χ1) is 15.4. The van der Waals surface area contributed by atoms with Crippen molar-refractivity contribution >= 4 is 33.9 Å². The fourth-order valence-corrected chi connectivity index (χ4v) is 5.27. The number of carbonyl (C=O) groups excluding carboxylic acids is 2. The Balaban J connectivity index is 1.70. The smallest absolute Gasteiger partial charge is 0.290 e. The fourth-order valence-electron chi connectivity index (χ4n) is 4.40. The monoisotopic (exact) mass is 447 g/mol. The molecule has 1 aliphatic rings. The standard InChI is InChI=1S/C24H21N3O4S/c1-13-23(32-14(2)25-13)21(28)19-20(17-12-26(3)18-9-5-4-8-16(17)18)27(24(30)22(19)29)11-15-7-6-10-31-15/h4-10,12,20,29H,11H2,1-3H3. The number of Topliss-reactive ketones (excluding diaryl/α,β-unsaturated/α-hetero) is 1. The minimum absolute atomic E-state index is 0.0738. The van der Waals surface area contributed by atoms with Gasteiger partial charge < -0.3 is 19.0 Å². The van der Waals surface area contributed by atoms with Gasteiger partial charge in [0.25, 0.3) is 5.91 Å². The van der Waals surface area contributed by atoms with Gasteiger partial charge in [-0.15, -0.1) is 11.3 Å². The highest BCUT2D eigenvalue weighted by atomic mass is 32.1. The number of carbonyl (C=O) groups is 2. The second kappa shape index (κ2) is 7.49. The normalized spacial score (nSPS) is 16.5. The minimum atomic E-state index is -0.756. The summed E-state index contributed by atoms with van der Waals surface area (Å²) in [6.45, 7) is 3.72. The quantitative estimate of drug-likeness (QED) is 0.451. The van der Waals surface area contributed by atoms with E-state index >= 15 is 0 Å². The summed E-state index contributed by atoms with van der Waals surface area (Å²) >= 11 is 1.27. The predicted molar refractivity (Wildman–Crippen MR) is 120 cm³/mol. The van der Waals surface area contributed by atoms with Gasteiger partial charge in [-0.25, -0.2) is 4.98 Å². The van der Waals surface area contributed by atoms with Crippen molar-refractivity contribution in [3.8, 4) is 0 Å². The lowest BCUT2D eigenvalue weighted by Crippen LogP contribution is -2.30. The second-order valence-electron chi connectivity index (χ2n) is 7.87. The molecule has 0 saturated carbocycles. The number of aliphatic hydroxyl groups is 1. The molecule has 1 unspecified atom stereocenters. The van der Waals surface area contributed by atoms with Gasteiger partial charge >= 0.3 is 0 Å². The number of nitrogens with zero attached hydrogens (tertiary/aromatic N) is 3. The van der Waals surface area contributed by atoms with Gasteiger partial charge in [0.15, 0.2) is 5.76 Å². The van der Waals surface area contributed by atoms with Crippen LogP contribution < -0.4 is 0 Å². The highest BCUT2D eigenvalue weighted by molar-refractivity contribution is 7.14. The molecule has 32 heavy (non-hydrogen) atoms. The maximum atomic E-state index is 13.7. The van der Waals surface area contributed by atoms with Gasteiger partial charge in [-0.2, -0.15) is 0 Å². The van der Waals surface area contributed by atoms with Crippen molar-refractivity contribution in [2.45, 2.75) is 26.4 Å². The molecule has 7 nitrogen and oxygen atoms in total. The molecule has 0 bridgehead atoms. The number of amides is 1. The van der Waals surface area contributed by atoms with Crippen LogP contribution in [0.4, 0.5) is 0 Å². The van der Waals surface area contributed by atoms with Crippen LogP contribution in [0, 0.1) is 13.8 Å². The summed E-state index contributed by atoms with van der Waals surface area (Å²) in [4.78, 5) is 33.1. The zero-order chi connectivity index (χ0) is 22.6. The molecule has 1 atom stereocenters. The zero-order valence-corrected chi connectivity index (χ0v) is 18.6. The van der Waals surface area contributed by atoms with Crippen LogP contribution in [0.3, 0.4) is 0 Å². The molecule has 1 aromatic carbocycles. The molecule has 0 fully saturated rings. The molecule has 0 saturated heterocycles. The van der Waals surface area contributed by atoms with Gasteiger partial charge in [0.05, 0.1) is 40.0 Å². The topological polar surface area (TPSA) is 88.6 Å². The largest absolute Gasteiger partial charge is 0.503 e. The van der Waals surface area contributed by atoms with E-state index in [4.69, 9.17) is 4.42 Å². The number of ketones is 1. The van der Waals surface area contributed by atoms with Crippen LogP contribution >= 0.6 is 11.3 Å². The van der Waals surface area contributed by atoms with Crippen LogP contribution in [0.2, 0.25) is 0 Å². The summed E-state index contributed by atoms with van der Waals surface area (Å²) in [5.41, 5.74) is 2.40. The molecule has 5 rings (SSSR count). The number of hydrogen-bond acceptors (Lipinski definition) is 6. The van der Waals surface area contributed by atoms with E-state index in [1.165, 1.54) is 22.5 Å². The molecule has 1 aliphatic heterocycles. The summed E-state index contributed by atoms with van der Waals surface area (Å²) < 4.78 is 7.42. The molecule has 0 aliphatic carbocycles. The second-order valence-corrected chi connectivity index (χ2v) is 9.07. The Labute approximate surface area is 188 Å². The Morgan fingerprint density at radius 2 is 2.00 bits per heavy atom. The van der Waals surface area contributed by atoms with Crippen molar-refractivity contribution in [2.24, 2.45) is 7.05 Å². The number of aromatic nitrogens is 2. The number of rotatable bonds is 5. The number of thiazole rings is 1. The lowest BCUT2D eigenvalue weighted by molar-refractivity contribution is -0.130. The Morgan fingerprint density at radius 1 is 1.22 bits per heavy atom. The third kappa shape index (κ3) is 3.06. The Bertz CT molecular complexity index is 1390. The summed E-state index contributed by atoms with van der Waals surface area (Å²) in [5.74, 6) is -0.930. The number of furan rings is 1. The average molecular weight is 448 g/mol. The summed E-state index contributed by atoms with van der Waals surface area (Å²) in [6.07, 6.45) is 3.44. The van der Waals surface area contributed by atoms with Gasteiger partial charge in [-0.3, -0.25) is 9.59 Å². The summed E-state index contributed by atoms with van der Waals surface area (Å²) in [5, 5.41) is 12.6. The van der Waals surface area contributed by atoms with Crippen LogP contribution in [0.1, 0.15) is 37.7 Å². The van der Waals surface area contributed by atoms with E-state index in [-0.39, 0.29) is 17.9 Å². The molecular weight excluding hydrogens is 426 g/mol. The fraction of sp³-hybridized carbons (Fsp3) is 0.208. The lowest BCUT2D eigenvalue weighted by atomic mass is 9.94. The predicted octanol–water partition coefficient (Wildman–Crippen LogP) is 4.62. The molecular formula is C24H21N3O4S. The first-order valence-corrected chi connectivity index (χ1v) is 11.0. The SMILES string of the molecule is Cc1nc(C)c(C(=O)C2=C(O)C(=O)N(Cc3ccco3)C2c2cn(C)c3ccccc23)s1. The summed E-state index contributed by atoms with van der Waals surface area (Å²) in [7, 11) is 1.92. The van der Waals surface area contributed by atoms with Gasteiger partial charge in [-0.1, -0.05) is 18.2 Å². The molecule has 0 spiro atoms. The van der Waals surface area contributed by atoms with Crippen LogP contribution in [-0.2, 0) is 18.4 Å². The number of fused-ring (bicyclic) bond motifs is 1. The van der Waals surface area contributed by atoms with Crippen LogP contribution in [0.5, 0.6) is 0 Å². The van der Waals surface area contributed by atoms with Crippen molar-refractivity contribution < 1.29 is 19.1 Å². The zero-order valence-electron chi connectivity index (χ0n) is 17.8. The summed E-state index contributed by atoms with van der Waals surface area (Å²) in [6, 6.07) is 10.5. The first-order valence-electron chi connectivity index (χ1n) is 10.2. The molecule has 8 heteroatoms. The number of aryl methyl sites for hydroxylation is 3. The third-order valence-electron chi connectivity index (χ3n) is 5.79. The van der Waals surface area contributed by atoms with Crippen molar-refractivity contribution in [2.75, 3.05) is 0 Å². The lowest BCUT2D eigenvalue weighted by Gasteiger charge is -2.25. The molecule has 4 heterocycles. The minimum Gasteiger partial charge on any atom is -0.503 e. The molecule has 0 radical (unpaired) electrons. The van der Waals surface area contributed by atoms with E-state index in [1.54, 1.807) is 19.1 Å². The van der Waals surface area contributed by atoms with E-state index in [9.17, 15) is 14.7 Å². The average Bonchev–Trinajstić information content (AvgIpc) is 3.53. The number of aliphatic hydroxyl groups excluding tert-OH is 1. The van der Waals surface area contributed by atoms with Crippen molar-refractivity contribution in [1.29, 1.82) is 0 Å². The molecule has 4 aromatic rings. The highest BCUT2D eigenvalue weighted by Crippen LogP contribution is 2.43. The first kappa shape index (κ1) is 20.3. The van der Waals surface area contributed by atoms with Crippen LogP contribution in [-0.4, -0.2) is 31.2 Å².